The van der Waals surface area contributed by atoms with Gasteiger partial charge in [-0.2, -0.15) is 8.42 Å². The molecule has 0 aromatic heterocycles. The Balaban J connectivity index is 1.53. The Morgan fingerprint density at radius 3 is 2.11 bits per heavy atom. The van der Waals surface area contributed by atoms with E-state index in [4.69, 9.17) is 9.47 Å². The van der Waals surface area contributed by atoms with Gasteiger partial charge in [-0.1, -0.05) is 19.9 Å². The topological polar surface area (TPSA) is 72.8 Å². The van der Waals surface area contributed by atoms with Crippen LogP contribution in [0.2, 0.25) is 0 Å². The number of aryl methyl sites for hydroxylation is 1. The van der Waals surface area contributed by atoms with Crippen molar-refractivity contribution in [3.05, 3.63) is 28.8 Å². The van der Waals surface area contributed by atoms with Crippen molar-refractivity contribution < 1.29 is 22.4 Å². The minimum absolute atomic E-state index is 0.0396. The van der Waals surface area contributed by atoms with Gasteiger partial charge in [0.2, 0.25) is 0 Å². The van der Waals surface area contributed by atoms with E-state index in [9.17, 15) is 13.0 Å². The first-order chi connectivity index (χ1) is 12.5. The summed E-state index contributed by atoms with van der Waals surface area (Å²) in [6, 6.07) is 3.33. The fourth-order valence-electron chi connectivity index (χ4n) is 5.55. The maximum absolute atomic E-state index is 11.7. The molecule has 1 aromatic rings. The first-order valence-corrected chi connectivity index (χ1v) is 11.3. The van der Waals surface area contributed by atoms with Gasteiger partial charge in [0.15, 0.2) is 5.79 Å². The van der Waals surface area contributed by atoms with Crippen LogP contribution in [0.5, 0.6) is 0 Å². The zero-order valence-electron chi connectivity index (χ0n) is 16.6. The summed E-state index contributed by atoms with van der Waals surface area (Å²) in [5.41, 5.74) is 2.98. The van der Waals surface area contributed by atoms with Crippen molar-refractivity contribution in [3.63, 3.8) is 0 Å². The highest BCUT2D eigenvalue weighted by molar-refractivity contribution is 7.85. The van der Waals surface area contributed by atoms with Crippen LogP contribution < -0.4 is 0 Å². The number of benzene rings is 1. The van der Waals surface area contributed by atoms with E-state index in [1.54, 1.807) is 0 Å². The highest BCUT2D eigenvalue weighted by Gasteiger charge is 2.53. The van der Waals surface area contributed by atoms with Crippen LogP contribution in [0.1, 0.15) is 62.1 Å². The van der Waals surface area contributed by atoms with Gasteiger partial charge in [0, 0.05) is 18.3 Å². The predicted octanol–water partition coefficient (Wildman–Crippen LogP) is 4.22. The molecule has 1 aliphatic heterocycles. The Morgan fingerprint density at radius 1 is 1.04 bits per heavy atom. The lowest BCUT2D eigenvalue weighted by Crippen LogP contribution is -2.46. The lowest BCUT2D eigenvalue weighted by atomic mass is 9.87. The van der Waals surface area contributed by atoms with Crippen molar-refractivity contribution in [3.8, 4) is 0 Å². The van der Waals surface area contributed by atoms with E-state index < -0.39 is 15.9 Å². The number of hydrogen-bond donors (Lipinski definition) is 1. The molecule has 2 aliphatic carbocycles. The number of hydrogen-bond acceptors (Lipinski definition) is 4. The normalized spacial score (nSPS) is 32.0. The highest BCUT2D eigenvalue weighted by atomic mass is 32.2. The fourth-order valence-corrected chi connectivity index (χ4v) is 6.29. The molecule has 2 atom stereocenters. The van der Waals surface area contributed by atoms with E-state index in [0.717, 1.165) is 50.0 Å². The maximum Gasteiger partial charge on any atom is 0.294 e. The molecule has 1 spiro atoms. The SMILES string of the molecule is Cc1ccc(S(=O)(=O)O)c(C)c1C1CC2CC3(CC2C1)OCC(C)(C)CO3. The molecule has 0 amide bonds. The van der Waals surface area contributed by atoms with Crippen molar-refractivity contribution in [2.24, 2.45) is 17.3 Å². The highest BCUT2D eigenvalue weighted by Crippen LogP contribution is 2.57. The van der Waals surface area contributed by atoms with E-state index in [-0.39, 0.29) is 10.3 Å². The van der Waals surface area contributed by atoms with Gasteiger partial charge < -0.3 is 9.47 Å². The van der Waals surface area contributed by atoms with Crippen molar-refractivity contribution in [2.75, 3.05) is 13.2 Å². The van der Waals surface area contributed by atoms with Gasteiger partial charge in [-0.15, -0.1) is 0 Å². The summed E-state index contributed by atoms with van der Waals surface area (Å²) in [4.78, 5) is 0.0396. The summed E-state index contributed by atoms with van der Waals surface area (Å²) in [5, 5.41) is 0. The number of ether oxygens (including phenoxy) is 2. The van der Waals surface area contributed by atoms with Gasteiger partial charge in [0.1, 0.15) is 0 Å². The molecule has 5 nitrogen and oxygen atoms in total. The molecular formula is C21H30O5S. The maximum atomic E-state index is 11.7. The summed E-state index contributed by atoms with van der Waals surface area (Å²) >= 11 is 0. The Kier molecular flexibility index (Phi) is 4.50. The lowest BCUT2D eigenvalue weighted by molar-refractivity contribution is -0.297. The quantitative estimate of drug-likeness (QED) is 0.760. The van der Waals surface area contributed by atoms with Gasteiger partial charge in [-0.3, -0.25) is 4.55 Å². The van der Waals surface area contributed by atoms with Crippen LogP contribution in [0.4, 0.5) is 0 Å². The van der Waals surface area contributed by atoms with Crippen molar-refractivity contribution in [1.29, 1.82) is 0 Å². The molecule has 150 valence electrons. The summed E-state index contributed by atoms with van der Waals surface area (Å²) in [7, 11) is -4.19. The largest absolute Gasteiger partial charge is 0.349 e. The van der Waals surface area contributed by atoms with E-state index in [1.807, 2.05) is 19.9 Å². The molecule has 3 fully saturated rings. The molecular weight excluding hydrogens is 364 g/mol. The summed E-state index contributed by atoms with van der Waals surface area (Å²) in [6.07, 6.45) is 3.92. The summed E-state index contributed by atoms with van der Waals surface area (Å²) < 4.78 is 45.3. The molecule has 27 heavy (non-hydrogen) atoms. The Bertz CT molecular complexity index is 832. The predicted molar refractivity (Wildman–Crippen MR) is 102 cm³/mol. The van der Waals surface area contributed by atoms with Crippen LogP contribution in [-0.2, 0) is 19.6 Å². The van der Waals surface area contributed by atoms with E-state index >= 15 is 0 Å². The standard InChI is InChI=1S/C21H30O5S/c1-13-5-6-18(27(22,23)24)14(2)19(13)15-7-16-9-21(10-17(16)8-15)25-11-20(3,4)12-26-21/h5-6,15-17H,7-12H2,1-4H3,(H,22,23,24). The van der Waals surface area contributed by atoms with Gasteiger partial charge in [-0.25, -0.2) is 0 Å². The second-order valence-corrected chi connectivity index (χ2v) is 11.0. The van der Waals surface area contributed by atoms with Crippen LogP contribution >= 0.6 is 0 Å². The first-order valence-electron chi connectivity index (χ1n) is 9.85. The number of fused-ring (bicyclic) bond motifs is 1. The third kappa shape index (κ3) is 3.46. The van der Waals surface area contributed by atoms with Gasteiger partial charge in [0.05, 0.1) is 18.1 Å². The molecule has 3 aliphatic rings. The molecule has 2 unspecified atom stereocenters. The molecule has 1 N–H and O–H groups in total. The van der Waals surface area contributed by atoms with Gasteiger partial charge >= 0.3 is 0 Å². The van der Waals surface area contributed by atoms with E-state index in [0.29, 0.717) is 23.3 Å². The number of rotatable bonds is 2. The molecule has 0 radical (unpaired) electrons. The van der Waals surface area contributed by atoms with Crippen LogP contribution in [0.25, 0.3) is 0 Å². The Hall–Kier alpha value is -0.950. The monoisotopic (exact) mass is 394 g/mol. The third-order valence-corrected chi connectivity index (χ3v) is 7.81. The third-order valence-electron chi connectivity index (χ3n) is 6.81. The van der Waals surface area contributed by atoms with E-state index in [1.165, 1.54) is 6.07 Å². The molecule has 0 bridgehead atoms. The fraction of sp³-hybridized carbons (Fsp3) is 0.714. The molecule has 6 heteroatoms. The second-order valence-electron chi connectivity index (χ2n) is 9.64. The second kappa shape index (κ2) is 6.28. The van der Waals surface area contributed by atoms with Crippen molar-refractivity contribution in [2.45, 2.75) is 70.0 Å². The average Bonchev–Trinajstić information content (AvgIpc) is 3.05. The lowest BCUT2D eigenvalue weighted by Gasteiger charge is -2.42. The Labute approximate surface area is 162 Å². The molecule has 1 aromatic carbocycles. The van der Waals surface area contributed by atoms with Crippen LogP contribution in [-0.4, -0.2) is 32.0 Å². The van der Waals surface area contributed by atoms with Gasteiger partial charge in [-0.05, 0) is 67.2 Å². The van der Waals surface area contributed by atoms with Crippen LogP contribution in [0, 0.1) is 31.1 Å². The Morgan fingerprint density at radius 2 is 1.59 bits per heavy atom. The minimum atomic E-state index is -4.19. The van der Waals surface area contributed by atoms with Gasteiger partial charge in [0.25, 0.3) is 10.1 Å². The smallest absolute Gasteiger partial charge is 0.294 e. The van der Waals surface area contributed by atoms with Crippen molar-refractivity contribution >= 4 is 10.1 Å². The van der Waals surface area contributed by atoms with Crippen LogP contribution in [0.15, 0.2) is 17.0 Å². The zero-order chi connectivity index (χ0) is 19.6. The molecule has 4 rings (SSSR count). The summed E-state index contributed by atoms with van der Waals surface area (Å²) in [5.74, 6) is 1.02. The molecule has 1 heterocycles. The zero-order valence-corrected chi connectivity index (χ0v) is 17.4. The average molecular weight is 395 g/mol. The van der Waals surface area contributed by atoms with E-state index in [2.05, 4.69) is 13.8 Å². The van der Waals surface area contributed by atoms with Crippen LogP contribution in [0.3, 0.4) is 0 Å². The first kappa shape index (κ1) is 19.4. The van der Waals surface area contributed by atoms with Crippen molar-refractivity contribution in [1.82, 2.24) is 0 Å². The molecule has 1 saturated heterocycles. The minimum Gasteiger partial charge on any atom is -0.349 e. The summed E-state index contributed by atoms with van der Waals surface area (Å²) in [6.45, 7) is 9.66. The molecule has 2 saturated carbocycles.